The van der Waals surface area contributed by atoms with E-state index in [4.69, 9.17) is 4.74 Å². The maximum Gasteiger partial charge on any atom is 0.317 e. The van der Waals surface area contributed by atoms with Crippen LogP contribution in [0.5, 0.6) is 5.75 Å². The standard InChI is InChI=1S/C15H23FN2O2S/c1-10(9-21-5)18(3)15(19)17-11(2)14-12(16)7-6-8-13(14)20-4/h6-8,10-11H,9H2,1-5H3,(H,17,19)/t10-,11+/m0/s1. The Hall–Kier alpha value is -1.43. The number of nitrogens with one attached hydrogen (secondary N) is 1. The fourth-order valence-corrected chi connectivity index (χ4v) is 2.73. The third kappa shape index (κ3) is 4.52. The van der Waals surface area contributed by atoms with Gasteiger partial charge in [0.2, 0.25) is 0 Å². The van der Waals surface area contributed by atoms with Crippen molar-refractivity contribution in [1.82, 2.24) is 10.2 Å². The van der Waals surface area contributed by atoms with Gasteiger partial charge in [0.15, 0.2) is 0 Å². The molecule has 0 aliphatic carbocycles. The van der Waals surface area contributed by atoms with Crippen LogP contribution in [0.1, 0.15) is 25.5 Å². The van der Waals surface area contributed by atoms with Crippen LogP contribution in [-0.2, 0) is 0 Å². The average molecular weight is 314 g/mol. The average Bonchev–Trinajstić information content (AvgIpc) is 2.45. The zero-order chi connectivity index (χ0) is 16.0. The number of hydrogen-bond donors (Lipinski definition) is 1. The first-order valence-corrected chi connectivity index (χ1v) is 8.16. The molecule has 0 fully saturated rings. The van der Waals surface area contributed by atoms with Crippen molar-refractivity contribution < 1.29 is 13.9 Å². The highest BCUT2D eigenvalue weighted by Crippen LogP contribution is 2.27. The number of benzene rings is 1. The van der Waals surface area contributed by atoms with Crippen LogP contribution in [0.15, 0.2) is 18.2 Å². The molecule has 0 spiro atoms. The molecule has 1 rings (SSSR count). The smallest absolute Gasteiger partial charge is 0.317 e. The lowest BCUT2D eigenvalue weighted by Crippen LogP contribution is -2.44. The lowest BCUT2D eigenvalue weighted by atomic mass is 10.1. The molecule has 0 bridgehead atoms. The van der Waals surface area contributed by atoms with Crippen molar-refractivity contribution in [2.75, 3.05) is 26.2 Å². The number of carbonyl (C=O) groups excluding carboxylic acids is 1. The number of amides is 2. The molecule has 0 aliphatic rings. The van der Waals surface area contributed by atoms with Crippen LogP contribution in [0.2, 0.25) is 0 Å². The Labute approximate surface area is 130 Å². The van der Waals surface area contributed by atoms with Crippen molar-refractivity contribution in [3.63, 3.8) is 0 Å². The van der Waals surface area contributed by atoms with Crippen molar-refractivity contribution >= 4 is 17.8 Å². The predicted molar refractivity (Wildman–Crippen MR) is 85.5 cm³/mol. The summed E-state index contributed by atoms with van der Waals surface area (Å²) >= 11 is 1.68. The van der Waals surface area contributed by atoms with E-state index in [-0.39, 0.29) is 17.9 Å². The monoisotopic (exact) mass is 314 g/mol. The minimum atomic E-state index is -0.474. The number of urea groups is 1. The maximum absolute atomic E-state index is 14.0. The Morgan fingerprint density at radius 3 is 2.71 bits per heavy atom. The minimum absolute atomic E-state index is 0.106. The highest BCUT2D eigenvalue weighted by atomic mass is 32.2. The Morgan fingerprint density at radius 2 is 2.14 bits per heavy atom. The second kappa shape index (κ2) is 8.12. The summed E-state index contributed by atoms with van der Waals surface area (Å²) in [5.41, 5.74) is 0.360. The summed E-state index contributed by atoms with van der Waals surface area (Å²) in [4.78, 5) is 13.8. The molecular weight excluding hydrogens is 291 g/mol. The maximum atomic E-state index is 14.0. The first-order chi connectivity index (χ1) is 9.92. The van der Waals surface area contributed by atoms with Crippen molar-refractivity contribution in [1.29, 1.82) is 0 Å². The molecule has 0 heterocycles. The molecule has 0 aromatic heterocycles. The van der Waals surface area contributed by atoms with E-state index in [9.17, 15) is 9.18 Å². The molecule has 0 unspecified atom stereocenters. The third-order valence-corrected chi connectivity index (χ3v) is 4.21. The SMILES string of the molecule is COc1cccc(F)c1[C@@H](C)NC(=O)N(C)[C@@H](C)CSC. The van der Waals surface area contributed by atoms with Gasteiger partial charge in [-0.15, -0.1) is 0 Å². The molecular formula is C15H23FN2O2S. The van der Waals surface area contributed by atoms with Crippen LogP contribution in [0, 0.1) is 5.82 Å². The van der Waals surface area contributed by atoms with Gasteiger partial charge in [0.1, 0.15) is 11.6 Å². The number of hydrogen-bond acceptors (Lipinski definition) is 3. The Balaban J connectivity index is 2.82. The Bertz CT molecular complexity index is 485. The molecule has 0 saturated carbocycles. The van der Waals surface area contributed by atoms with Crippen LogP contribution in [0.3, 0.4) is 0 Å². The quantitative estimate of drug-likeness (QED) is 0.876. The summed E-state index contributed by atoms with van der Waals surface area (Å²) < 4.78 is 19.1. The topological polar surface area (TPSA) is 41.6 Å². The molecule has 6 heteroatoms. The van der Waals surface area contributed by atoms with Crippen molar-refractivity contribution in [3.8, 4) is 5.75 Å². The lowest BCUT2D eigenvalue weighted by Gasteiger charge is -2.27. The second-order valence-electron chi connectivity index (χ2n) is 4.94. The van der Waals surface area contributed by atoms with E-state index in [1.165, 1.54) is 13.2 Å². The van der Waals surface area contributed by atoms with E-state index < -0.39 is 6.04 Å². The summed E-state index contributed by atoms with van der Waals surface area (Å²) in [5.74, 6) is 0.894. The van der Waals surface area contributed by atoms with Gasteiger partial charge in [-0.05, 0) is 32.2 Å². The largest absolute Gasteiger partial charge is 0.496 e. The molecule has 4 nitrogen and oxygen atoms in total. The van der Waals surface area contributed by atoms with Gasteiger partial charge in [0, 0.05) is 18.8 Å². The van der Waals surface area contributed by atoms with Crippen LogP contribution in [-0.4, -0.2) is 43.1 Å². The Morgan fingerprint density at radius 1 is 1.48 bits per heavy atom. The minimum Gasteiger partial charge on any atom is -0.496 e. The summed E-state index contributed by atoms with van der Waals surface area (Å²) in [5, 5.41) is 2.81. The number of thioether (sulfide) groups is 1. The van der Waals surface area contributed by atoms with E-state index >= 15 is 0 Å². The Kier molecular flexibility index (Phi) is 6.81. The van der Waals surface area contributed by atoms with Crippen molar-refractivity contribution in [2.24, 2.45) is 0 Å². The molecule has 21 heavy (non-hydrogen) atoms. The number of methoxy groups -OCH3 is 1. The normalized spacial score (nSPS) is 13.4. The highest BCUT2D eigenvalue weighted by Gasteiger charge is 2.21. The molecule has 2 atom stereocenters. The van der Waals surface area contributed by atoms with E-state index in [0.29, 0.717) is 11.3 Å². The molecule has 0 saturated heterocycles. The summed E-state index contributed by atoms with van der Waals surface area (Å²) in [7, 11) is 3.22. The van der Waals surface area contributed by atoms with E-state index in [1.807, 2.05) is 13.2 Å². The number of carbonyl (C=O) groups is 1. The van der Waals surface area contributed by atoms with Crippen molar-refractivity contribution in [3.05, 3.63) is 29.6 Å². The van der Waals surface area contributed by atoms with E-state index in [1.54, 1.807) is 42.8 Å². The highest BCUT2D eigenvalue weighted by molar-refractivity contribution is 7.98. The molecule has 0 aliphatic heterocycles. The zero-order valence-electron chi connectivity index (χ0n) is 13.1. The molecule has 1 aromatic rings. The molecule has 1 aromatic carbocycles. The van der Waals surface area contributed by atoms with Crippen LogP contribution < -0.4 is 10.1 Å². The fraction of sp³-hybridized carbons (Fsp3) is 0.533. The zero-order valence-corrected chi connectivity index (χ0v) is 14.0. The first-order valence-electron chi connectivity index (χ1n) is 6.77. The molecule has 2 amide bonds. The van der Waals surface area contributed by atoms with Crippen LogP contribution in [0.4, 0.5) is 9.18 Å². The van der Waals surface area contributed by atoms with Gasteiger partial charge in [-0.1, -0.05) is 6.07 Å². The number of rotatable bonds is 6. The summed E-state index contributed by atoms with van der Waals surface area (Å²) in [6.45, 7) is 3.72. The lowest BCUT2D eigenvalue weighted by molar-refractivity contribution is 0.194. The van der Waals surface area contributed by atoms with Crippen LogP contribution >= 0.6 is 11.8 Å². The second-order valence-corrected chi connectivity index (χ2v) is 5.85. The summed E-state index contributed by atoms with van der Waals surface area (Å²) in [6.07, 6.45) is 2.00. The molecule has 118 valence electrons. The fourth-order valence-electron chi connectivity index (χ4n) is 2.03. The first kappa shape index (κ1) is 17.6. The van der Waals surface area contributed by atoms with Crippen LogP contribution in [0.25, 0.3) is 0 Å². The van der Waals surface area contributed by atoms with Gasteiger partial charge in [-0.3, -0.25) is 0 Å². The van der Waals surface area contributed by atoms with Gasteiger partial charge >= 0.3 is 6.03 Å². The van der Waals surface area contributed by atoms with Gasteiger partial charge in [0.05, 0.1) is 18.7 Å². The number of halogens is 1. The molecule has 0 radical (unpaired) electrons. The van der Waals surface area contributed by atoms with Crippen molar-refractivity contribution in [2.45, 2.75) is 25.9 Å². The van der Waals surface area contributed by atoms with Gasteiger partial charge in [-0.25, -0.2) is 9.18 Å². The number of nitrogens with zero attached hydrogens (tertiary/aromatic N) is 1. The van der Waals surface area contributed by atoms with E-state index in [2.05, 4.69) is 5.32 Å². The number of ether oxygens (including phenoxy) is 1. The van der Waals surface area contributed by atoms with Gasteiger partial charge < -0.3 is 15.0 Å². The van der Waals surface area contributed by atoms with E-state index in [0.717, 1.165) is 5.75 Å². The summed E-state index contributed by atoms with van der Waals surface area (Å²) in [6, 6.07) is 4.03. The third-order valence-electron chi connectivity index (χ3n) is 3.40. The molecule has 1 N–H and O–H groups in total. The van der Waals surface area contributed by atoms with Gasteiger partial charge in [-0.2, -0.15) is 11.8 Å². The predicted octanol–water partition coefficient (Wildman–Crippen LogP) is 3.29. The van der Waals surface area contributed by atoms with Gasteiger partial charge in [0.25, 0.3) is 0 Å².